The summed E-state index contributed by atoms with van der Waals surface area (Å²) < 4.78 is 0. The van der Waals surface area contributed by atoms with E-state index in [1.807, 2.05) is 0 Å². The molecule has 0 heterocycles. The molecule has 0 fully saturated rings. The molecule has 11 N–H and O–H groups in total. The van der Waals surface area contributed by atoms with Crippen LogP contribution in [-0.2, 0) is 28.8 Å². The number of nitrogens with two attached hydrogens (primary N) is 3. The molecule has 5 amide bonds. The highest BCUT2D eigenvalue weighted by molar-refractivity contribution is 5.95. The summed E-state index contributed by atoms with van der Waals surface area (Å²) >= 11 is 0. The molecular weight excluding hydrogens is 428 g/mol. The topological polar surface area (TPSA) is 257 Å². The fourth-order valence-electron chi connectivity index (χ4n) is 2.56. The average Bonchev–Trinajstić information content (AvgIpc) is 2.65. The van der Waals surface area contributed by atoms with E-state index in [-0.39, 0.29) is 12.8 Å². The van der Waals surface area contributed by atoms with Crippen molar-refractivity contribution in [2.75, 3.05) is 0 Å². The zero-order valence-corrected chi connectivity index (χ0v) is 18.2. The zero-order chi connectivity index (χ0) is 25.2. The maximum Gasteiger partial charge on any atom is 0.326 e. The Morgan fingerprint density at radius 3 is 1.72 bits per heavy atom. The predicted octanol–water partition coefficient (Wildman–Crippen LogP) is -3.97. The summed E-state index contributed by atoms with van der Waals surface area (Å²) in [7, 11) is 0. The maximum absolute atomic E-state index is 12.6. The van der Waals surface area contributed by atoms with E-state index in [4.69, 9.17) is 17.2 Å². The zero-order valence-electron chi connectivity index (χ0n) is 18.2. The van der Waals surface area contributed by atoms with Crippen molar-refractivity contribution in [3.05, 3.63) is 0 Å². The summed E-state index contributed by atoms with van der Waals surface area (Å²) in [4.78, 5) is 70.5. The SMILES string of the molecule is CC(C)C(NC(=O)C(NC(=O)C(N)CC(N)=O)C(C)O)C(=O)NC(CCC(N)=O)C(=O)O. The van der Waals surface area contributed by atoms with Gasteiger partial charge in [0.1, 0.15) is 18.1 Å². The quantitative estimate of drug-likeness (QED) is 0.125. The molecule has 0 saturated carbocycles. The number of nitrogens with one attached hydrogen (secondary N) is 3. The second-order valence-electron chi connectivity index (χ2n) is 7.64. The van der Waals surface area contributed by atoms with Crippen molar-refractivity contribution in [1.29, 1.82) is 0 Å². The van der Waals surface area contributed by atoms with Crippen molar-refractivity contribution in [3.63, 3.8) is 0 Å². The molecule has 14 nitrogen and oxygen atoms in total. The van der Waals surface area contributed by atoms with Crippen LogP contribution >= 0.6 is 0 Å². The number of aliphatic hydroxyl groups is 1. The molecule has 5 atom stereocenters. The van der Waals surface area contributed by atoms with Gasteiger partial charge in [0.2, 0.25) is 29.5 Å². The first kappa shape index (κ1) is 28.7. The number of rotatable bonds is 14. The lowest BCUT2D eigenvalue weighted by molar-refractivity contribution is -0.143. The number of amides is 5. The highest BCUT2D eigenvalue weighted by Gasteiger charge is 2.33. The van der Waals surface area contributed by atoms with Crippen molar-refractivity contribution in [1.82, 2.24) is 16.0 Å². The monoisotopic (exact) mass is 460 g/mol. The van der Waals surface area contributed by atoms with E-state index in [9.17, 15) is 39.0 Å². The van der Waals surface area contributed by atoms with E-state index in [1.165, 1.54) is 6.92 Å². The summed E-state index contributed by atoms with van der Waals surface area (Å²) in [5, 5.41) is 25.9. The van der Waals surface area contributed by atoms with Gasteiger partial charge in [-0.05, 0) is 19.3 Å². The first-order chi connectivity index (χ1) is 14.7. The number of primary amides is 2. The number of carboxylic acid groups (broad SMARTS) is 1. The molecule has 0 aromatic heterocycles. The third-order valence-electron chi connectivity index (χ3n) is 4.36. The third kappa shape index (κ3) is 10.2. The molecule has 5 unspecified atom stereocenters. The van der Waals surface area contributed by atoms with Crippen LogP contribution < -0.4 is 33.2 Å². The minimum atomic E-state index is -1.53. The predicted molar refractivity (Wildman–Crippen MR) is 110 cm³/mol. The third-order valence-corrected chi connectivity index (χ3v) is 4.36. The van der Waals surface area contributed by atoms with Crippen LogP contribution in [0.3, 0.4) is 0 Å². The van der Waals surface area contributed by atoms with Gasteiger partial charge in [-0.15, -0.1) is 0 Å². The molecule has 0 saturated heterocycles. The van der Waals surface area contributed by atoms with E-state index in [2.05, 4.69) is 16.0 Å². The molecular formula is C18H32N6O8. The van der Waals surface area contributed by atoms with Crippen LogP contribution in [0.1, 0.15) is 40.0 Å². The van der Waals surface area contributed by atoms with Gasteiger partial charge in [-0.1, -0.05) is 13.8 Å². The standard InChI is InChI=1S/C18H32N6O8/c1-7(2)13(16(29)22-10(18(31)32)4-5-11(20)26)23-17(30)14(8(3)25)24-15(28)9(19)6-12(21)27/h7-10,13-14,25H,4-6,19H2,1-3H3,(H2,20,26)(H2,21,27)(H,22,29)(H,23,30)(H,24,28)(H,31,32). The van der Waals surface area contributed by atoms with Gasteiger partial charge in [0.15, 0.2) is 0 Å². The normalized spacial score (nSPS) is 15.6. The summed E-state index contributed by atoms with van der Waals surface area (Å²) in [6.07, 6.45) is -2.42. The largest absolute Gasteiger partial charge is 0.480 e. The van der Waals surface area contributed by atoms with Crippen LogP contribution in [-0.4, -0.2) is 76.0 Å². The lowest BCUT2D eigenvalue weighted by Gasteiger charge is -2.28. The van der Waals surface area contributed by atoms with Gasteiger partial charge < -0.3 is 43.4 Å². The Balaban J connectivity index is 5.36. The van der Waals surface area contributed by atoms with Gasteiger partial charge in [0.05, 0.1) is 18.6 Å². The second kappa shape index (κ2) is 13.2. The number of aliphatic hydroxyl groups excluding tert-OH is 1. The van der Waals surface area contributed by atoms with Gasteiger partial charge in [-0.2, -0.15) is 0 Å². The molecule has 0 radical (unpaired) electrons. The molecule has 0 aliphatic rings. The van der Waals surface area contributed by atoms with Crippen molar-refractivity contribution in [3.8, 4) is 0 Å². The average molecular weight is 460 g/mol. The molecule has 182 valence electrons. The molecule has 0 aliphatic heterocycles. The Labute approximate surface area is 184 Å². The number of carbonyl (C=O) groups excluding carboxylic acids is 5. The smallest absolute Gasteiger partial charge is 0.326 e. The van der Waals surface area contributed by atoms with Crippen molar-refractivity contribution < 1.29 is 39.0 Å². The van der Waals surface area contributed by atoms with Gasteiger partial charge in [0.25, 0.3) is 0 Å². The number of hydrogen-bond donors (Lipinski definition) is 8. The fourth-order valence-corrected chi connectivity index (χ4v) is 2.56. The van der Waals surface area contributed by atoms with Gasteiger partial charge >= 0.3 is 5.97 Å². The van der Waals surface area contributed by atoms with Crippen molar-refractivity contribution >= 4 is 35.5 Å². The summed E-state index contributed by atoms with van der Waals surface area (Å²) in [5.74, 6) is -6.23. The Morgan fingerprint density at radius 1 is 0.812 bits per heavy atom. The number of aliphatic carboxylic acids is 1. The Hall–Kier alpha value is -3.26. The Bertz CT molecular complexity index is 726. The number of carbonyl (C=O) groups is 6. The van der Waals surface area contributed by atoms with Crippen LogP contribution in [0.2, 0.25) is 0 Å². The summed E-state index contributed by atoms with van der Waals surface area (Å²) in [6, 6.07) is -5.55. The van der Waals surface area contributed by atoms with Crippen LogP contribution in [0.15, 0.2) is 0 Å². The maximum atomic E-state index is 12.6. The number of carboxylic acids is 1. The first-order valence-corrected chi connectivity index (χ1v) is 9.81. The Kier molecular flexibility index (Phi) is 11.9. The van der Waals surface area contributed by atoms with Gasteiger partial charge in [-0.25, -0.2) is 4.79 Å². The first-order valence-electron chi connectivity index (χ1n) is 9.81. The molecule has 0 aromatic carbocycles. The molecule has 0 aromatic rings. The van der Waals surface area contributed by atoms with Crippen LogP contribution in [0.5, 0.6) is 0 Å². The fraction of sp³-hybridized carbons (Fsp3) is 0.667. The van der Waals surface area contributed by atoms with E-state index in [0.29, 0.717) is 0 Å². The van der Waals surface area contributed by atoms with E-state index in [1.54, 1.807) is 13.8 Å². The van der Waals surface area contributed by atoms with Crippen LogP contribution in [0.25, 0.3) is 0 Å². The summed E-state index contributed by atoms with van der Waals surface area (Å²) in [5.41, 5.74) is 15.5. The highest BCUT2D eigenvalue weighted by atomic mass is 16.4. The lowest BCUT2D eigenvalue weighted by Crippen LogP contribution is -2.61. The minimum Gasteiger partial charge on any atom is -0.480 e. The van der Waals surface area contributed by atoms with Gasteiger partial charge in [-0.3, -0.25) is 24.0 Å². The van der Waals surface area contributed by atoms with Crippen molar-refractivity contribution in [2.45, 2.75) is 70.3 Å². The molecule has 14 heteroatoms. The second-order valence-corrected chi connectivity index (χ2v) is 7.64. The molecule has 0 spiro atoms. The van der Waals surface area contributed by atoms with E-state index < -0.39 is 78.1 Å². The Morgan fingerprint density at radius 2 is 1.31 bits per heavy atom. The van der Waals surface area contributed by atoms with E-state index in [0.717, 1.165) is 0 Å². The minimum absolute atomic E-state index is 0.251. The van der Waals surface area contributed by atoms with Crippen molar-refractivity contribution in [2.24, 2.45) is 23.1 Å². The van der Waals surface area contributed by atoms with Gasteiger partial charge in [0, 0.05) is 6.42 Å². The molecule has 0 aliphatic carbocycles. The summed E-state index contributed by atoms with van der Waals surface area (Å²) in [6.45, 7) is 4.35. The van der Waals surface area contributed by atoms with E-state index >= 15 is 0 Å². The highest BCUT2D eigenvalue weighted by Crippen LogP contribution is 2.06. The van der Waals surface area contributed by atoms with Crippen LogP contribution in [0.4, 0.5) is 0 Å². The van der Waals surface area contributed by atoms with Crippen LogP contribution in [0, 0.1) is 5.92 Å². The lowest BCUT2D eigenvalue weighted by atomic mass is 10.0. The molecule has 32 heavy (non-hydrogen) atoms. The molecule has 0 bridgehead atoms. The number of hydrogen-bond acceptors (Lipinski definition) is 8. The molecule has 0 rings (SSSR count).